The molecule has 0 unspecified atom stereocenters. The Balaban J connectivity index is 1.96. The van der Waals surface area contributed by atoms with Crippen LogP contribution >= 0.6 is 11.6 Å². The summed E-state index contributed by atoms with van der Waals surface area (Å²) in [7, 11) is 0. The molecule has 0 aliphatic carbocycles. The van der Waals surface area contributed by atoms with E-state index < -0.39 is 0 Å². The number of hydrogen-bond donors (Lipinski definition) is 2. The summed E-state index contributed by atoms with van der Waals surface area (Å²) in [6.45, 7) is 1.14. The van der Waals surface area contributed by atoms with Crippen LogP contribution in [0.3, 0.4) is 0 Å². The van der Waals surface area contributed by atoms with Gasteiger partial charge in [-0.15, -0.1) is 0 Å². The predicted octanol–water partition coefficient (Wildman–Crippen LogP) is 1.18. The van der Waals surface area contributed by atoms with Gasteiger partial charge in [-0.3, -0.25) is 15.0 Å². The van der Waals surface area contributed by atoms with Crippen LogP contribution in [0.5, 0.6) is 0 Å². The molecule has 0 bridgehead atoms. The minimum atomic E-state index is -0.154. The molecule has 0 radical (unpaired) electrons. The van der Waals surface area contributed by atoms with Crippen LogP contribution in [0.25, 0.3) is 0 Å². The number of amides is 2. The monoisotopic (exact) mass is 281 g/mol. The van der Waals surface area contributed by atoms with Gasteiger partial charge in [0.2, 0.25) is 5.91 Å². The molecule has 1 fully saturated rings. The van der Waals surface area contributed by atoms with E-state index in [9.17, 15) is 9.59 Å². The summed E-state index contributed by atoms with van der Waals surface area (Å²) in [5, 5.41) is 0.606. The zero-order chi connectivity index (χ0) is 13.8. The molecule has 1 saturated heterocycles. The van der Waals surface area contributed by atoms with E-state index in [1.807, 2.05) is 0 Å². The Morgan fingerprint density at radius 2 is 1.79 bits per heavy atom. The maximum atomic E-state index is 12.2. The van der Waals surface area contributed by atoms with E-state index in [4.69, 9.17) is 17.4 Å². The average molecular weight is 282 g/mol. The van der Waals surface area contributed by atoms with Crippen LogP contribution < -0.4 is 11.3 Å². The Bertz CT molecular complexity index is 467. The lowest BCUT2D eigenvalue weighted by molar-refractivity contribution is -0.126. The first-order valence-electron chi connectivity index (χ1n) is 6.17. The number of hydrogen-bond acceptors (Lipinski definition) is 3. The highest BCUT2D eigenvalue weighted by atomic mass is 35.5. The van der Waals surface area contributed by atoms with Gasteiger partial charge in [0.25, 0.3) is 5.91 Å². The van der Waals surface area contributed by atoms with E-state index in [1.54, 1.807) is 29.2 Å². The van der Waals surface area contributed by atoms with Crippen LogP contribution in [-0.2, 0) is 4.79 Å². The van der Waals surface area contributed by atoms with Crippen LogP contribution in [0, 0.1) is 5.92 Å². The summed E-state index contributed by atoms with van der Waals surface area (Å²) in [5.74, 6) is 4.83. The zero-order valence-corrected chi connectivity index (χ0v) is 11.2. The Labute approximate surface area is 116 Å². The van der Waals surface area contributed by atoms with Gasteiger partial charge >= 0.3 is 0 Å². The van der Waals surface area contributed by atoms with E-state index in [-0.39, 0.29) is 17.7 Å². The van der Waals surface area contributed by atoms with Crippen LogP contribution in [0.15, 0.2) is 24.3 Å². The third-order valence-corrected chi connectivity index (χ3v) is 3.64. The van der Waals surface area contributed by atoms with Gasteiger partial charge in [0.1, 0.15) is 0 Å². The molecule has 1 heterocycles. The van der Waals surface area contributed by atoms with Crippen LogP contribution in [0.4, 0.5) is 0 Å². The predicted molar refractivity (Wildman–Crippen MR) is 72.4 cm³/mol. The SMILES string of the molecule is NNC(=O)C1CCN(C(=O)c2ccc(Cl)cc2)CC1. The van der Waals surface area contributed by atoms with Gasteiger partial charge in [-0.2, -0.15) is 0 Å². The van der Waals surface area contributed by atoms with Crippen LogP contribution in [-0.4, -0.2) is 29.8 Å². The van der Waals surface area contributed by atoms with Crippen LogP contribution in [0.1, 0.15) is 23.2 Å². The largest absolute Gasteiger partial charge is 0.339 e. The number of halogens is 1. The van der Waals surface area contributed by atoms with Crippen molar-refractivity contribution in [2.75, 3.05) is 13.1 Å². The van der Waals surface area contributed by atoms with Crippen molar-refractivity contribution in [1.29, 1.82) is 0 Å². The Kier molecular flexibility index (Phi) is 4.39. The number of likely N-dealkylation sites (tertiary alicyclic amines) is 1. The standard InChI is InChI=1S/C13H16ClN3O2/c14-11-3-1-10(2-4-11)13(19)17-7-5-9(6-8-17)12(18)16-15/h1-4,9H,5-8,15H2,(H,16,18). The summed E-state index contributed by atoms with van der Waals surface area (Å²) in [5.41, 5.74) is 2.78. The molecule has 2 rings (SSSR count). The molecule has 0 spiro atoms. The van der Waals surface area contributed by atoms with Crippen molar-refractivity contribution in [2.45, 2.75) is 12.8 Å². The quantitative estimate of drug-likeness (QED) is 0.486. The Hall–Kier alpha value is -1.59. The molecule has 1 aromatic rings. The zero-order valence-electron chi connectivity index (χ0n) is 10.4. The molecule has 2 amide bonds. The maximum Gasteiger partial charge on any atom is 0.253 e. The van der Waals surface area contributed by atoms with Gasteiger partial charge in [-0.05, 0) is 37.1 Å². The summed E-state index contributed by atoms with van der Waals surface area (Å²) < 4.78 is 0. The van der Waals surface area contributed by atoms with Crippen LogP contribution in [0.2, 0.25) is 5.02 Å². The third-order valence-electron chi connectivity index (χ3n) is 3.39. The average Bonchev–Trinajstić information content (AvgIpc) is 2.46. The van der Waals surface area contributed by atoms with Gasteiger partial charge in [0.05, 0.1) is 0 Å². The van der Waals surface area contributed by atoms with Gasteiger partial charge in [0.15, 0.2) is 0 Å². The fourth-order valence-electron chi connectivity index (χ4n) is 2.24. The summed E-state index contributed by atoms with van der Waals surface area (Å²) in [6.07, 6.45) is 1.28. The second kappa shape index (κ2) is 6.04. The van der Waals surface area contributed by atoms with E-state index in [2.05, 4.69) is 5.43 Å². The summed E-state index contributed by atoms with van der Waals surface area (Å²) in [6, 6.07) is 6.82. The first kappa shape index (κ1) is 13.8. The second-order valence-electron chi connectivity index (χ2n) is 4.58. The van der Waals surface area contributed by atoms with Crippen molar-refractivity contribution in [2.24, 2.45) is 11.8 Å². The Morgan fingerprint density at radius 1 is 1.21 bits per heavy atom. The fourth-order valence-corrected chi connectivity index (χ4v) is 2.36. The molecule has 6 heteroatoms. The highest BCUT2D eigenvalue weighted by Crippen LogP contribution is 2.19. The molecule has 1 aliphatic rings. The van der Waals surface area contributed by atoms with Crippen molar-refractivity contribution >= 4 is 23.4 Å². The second-order valence-corrected chi connectivity index (χ2v) is 5.02. The lowest BCUT2D eigenvalue weighted by Gasteiger charge is -2.31. The molecule has 19 heavy (non-hydrogen) atoms. The number of rotatable bonds is 2. The Morgan fingerprint density at radius 3 is 2.32 bits per heavy atom. The van der Waals surface area contributed by atoms with Gasteiger partial charge in [-0.1, -0.05) is 11.6 Å². The number of carbonyl (C=O) groups excluding carboxylic acids is 2. The lowest BCUT2D eigenvalue weighted by atomic mass is 9.95. The number of carbonyl (C=O) groups is 2. The van der Waals surface area contributed by atoms with Crippen molar-refractivity contribution in [3.8, 4) is 0 Å². The third kappa shape index (κ3) is 3.24. The molecule has 1 aromatic carbocycles. The van der Waals surface area contributed by atoms with E-state index in [0.29, 0.717) is 36.5 Å². The van der Waals surface area contributed by atoms with E-state index in [1.165, 1.54) is 0 Å². The first-order chi connectivity index (χ1) is 9.11. The molecule has 0 atom stereocenters. The molecular formula is C13H16ClN3O2. The van der Waals surface area contributed by atoms with Gasteiger partial charge in [0, 0.05) is 29.6 Å². The van der Waals surface area contributed by atoms with Crippen molar-refractivity contribution < 1.29 is 9.59 Å². The molecule has 3 N–H and O–H groups in total. The van der Waals surface area contributed by atoms with E-state index in [0.717, 1.165) is 0 Å². The fraction of sp³-hybridized carbons (Fsp3) is 0.385. The van der Waals surface area contributed by atoms with Crippen molar-refractivity contribution in [3.05, 3.63) is 34.9 Å². The molecule has 1 aliphatic heterocycles. The smallest absolute Gasteiger partial charge is 0.253 e. The van der Waals surface area contributed by atoms with Gasteiger partial charge < -0.3 is 4.90 Å². The van der Waals surface area contributed by atoms with Crippen molar-refractivity contribution in [3.63, 3.8) is 0 Å². The number of nitrogens with one attached hydrogen (secondary N) is 1. The number of piperidine rings is 1. The highest BCUT2D eigenvalue weighted by molar-refractivity contribution is 6.30. The normalized spacial score (nSPS) is 16.2. The molecule has 5 nitrogen and oxygen atoms in total. The molecule has 102 valence electrons. The minimum Gasteiger partial charge on any atom is -0.339 e. The number of nitrogens with two attached hydrogens (primary N) is 1. The number of benzene rings is 1. The topological polar surface area (TPSA) is 75.4 Å². The summed E-state index contributed by atoms with van der Waals surface area (Å²) >= 11 is 5.79. The van der Waals surface area contributed by atoms with Gasteiger partial charge in [-0.25, -0.2) is 5.84 Å². The first-order valence-corrected chi connectivity index (χ1v) is 6.55. The van der Waals surface area contributed by atoms with Crippen molar-refractivity contribution in [1.82, 2.24) is 10.3 Å². The highest BCUT2D eigenvalue weighted by Gasteiger charge is 2.27. The minimum absolute atomic E-state index is 0.0247. The van der Waals surface area contributed by atoms with E-state index >= 15 is 0 Å². The maximum absolute atomic E-state index is 12.2. The number of nitrogens with zero attached hydrogens (tertiary/aromatic N) is 1. The molecule has 0 saturated carbocycles. The molecule has 0 aromatic heterocycles. The summed E-state index contributed by atoms with van der Waals surface area (Å²) in [4.78, 5) is 25.4. The lowest BCUT2D eigenvalue weighted by Crippen LogP contribution is -2.44. The molecular weight excluding hydrogens is 266 g/mol. The number of hydrazine groups is 1.